The highest BCUT2D eigenvalue weighted by Gasteiger charge is 2.29. The monoisotopic (exact) mass is 213 g/mol. The van der Waals surface area contributed by atoms with Crippen LogP contribution in [0.2, 0.25) is 0 Å². The SMILES string of the molecule is CC1CCN(CCN(C)C)C(C)(C)CN1. The van der Waals surface area contributed by atoms with Crippen molar-refractivity contribution in [2.45, 2.75) is 38.8 Å². The molecule has 1 saturated heterocycles. The standard InChI is InChI=1S/C12H27N3/c1-11-6-7-15(9-8-14(4)5)12(2,3)10-13-11/h11,13H,6-10H2,1-5H3. The second kappa shape index (κ2) is 5.28. The Morgan fingerprint density at radius 1 is 1.40 bits per heavy atom. The molecule has 1 rings (SSSR count). The Balaban J connectivity index is 2.51. The second-order valence-corrected chi connectivity index (χ2v) is 5.67. The number of rotatable bonds is 3. The first-order valence-electron chi connectivity index (χ1n) is 6.05. The van der Waals surface area contributed by atoms with Gasteiger partial charge < -0.3 is 10.2 Å². The Bertz CT molecular complexity index is 189. The minimum absolute atomic E-state index is 0.292. The summed E-state index contributed by atoms with van der Waals surface area (Å²) in [6, 6.07) is 0.661. The fraction of sp³-hybridized carbons (Fsp3) is 1.00. The molecule has 15 heavy (non-hydrogen) atoms. The number of likely N-dealkylation sites (N-methyl/N-ethyl adjacent to an activating group) is 1. The van der Waals surface area contributed by atoms with Gasteiger partial charge in [-0.3, -0.25) is 4.90 Å². The van der Waals surface area contributed by atoms with E-state index < -0.39 is 0 Å². The summed E-state index contributed by atoms with van der Waals surface area (Å²) in [5.74, 6) is 0. The highest BCUT2D eigenvalue weighted by atomic mass is 15.2. The van der Waals surface area contributed by atoms with Crippen LogP contribution in [0.5, 0.6) is 0 Å². The van der Waals surface area contributed by atoms with Crippen molar-refractivity contribution in [1.82, 2.24) is 15.1 Å². The molecule has 3 heteroatoms. The average Bonchev–Trinajstić information content (AvgIpc) is 2.24. The molecular weight excluding hydrogens is 186 g/mol. The lowest BCUT2D eigenvalue weighted by Gasteiger charge is -2.37. The smallest absolute Gasteiger partial charge is 0.0278 e. The van der Waals surface area contributed by atoms with Crippen molar-refractivity contribution in [2.24, 2.45) is 0 Å². The Labute approximate surface area is 94.8 Å². The van der Waals surface area contributed by atoms with Crippen LogP contribution in [0.3, 0.4) is 0 Å². The summed E-state index contributed by atoms with van der Waals surface area (Å²) in [6.45, 7) is 11.6. The van der Waals surface area contributed by atoms with Crippen LogP contribution in [-0.2, 0) is 0 Å². The largest absolute Gasteiger partial charge is 0.312 e. The third-order valence-corrected chi connectivity index (χ3v) is 3.39. The highest BCUT2D eigenvalue weighted by Crippen LogP contribution is 2.17. The number of nitrogens with zero attached hydrogens (tertiary/aromatic N) is 2. The molecule has 1 N–H and O–H groups in total. The van der Waals surface area contributed by atoms with Crippen LogP contribution in [-0.4, -0.2) is 61.7 Å². The zero-order valence-electron chi connectivity index (χ0n) is 11.0. The molecule has 0 bridgehead atoms. The predicted octanol–water partition coefficient (Wildman–Crippen LogP) is 1.01. The lowest BCUT2D eigenvalue weighted by molar-refractivity contribution is 0.122. The van der Waals surface area contributed by atoms with Crippen LogP contribution in [0.15, 0.2) is 0 Å². The molecule has 1 heterocycles. The molecular formula is C12H27N3. The molecule has 1 unspecified atom stereocenters. The first-order chi connectivity index (χ1) is 6.92. The van der Waals surface area contributed by atoms with Crippen LogP contribution >= 0.6 is 0 Å². The van der Waals surface area contributed by atoms with E-state index in [9.17, 15) is 0 Å². The van der Waals surface area contributed by atoms with E-state index in [4.69, 9.17) is 0 Å². The Morgan fingerprint density at radius 2 is 2.07 bits per heavy atom. The maximum Gasteiger partial charge on any atom is 0.0278 e. The van der Waals surface area contributed by atoms with E-state index in [2.05, 4.69) is 50.0 Å². The summed E-state index contributed by atoms with van der Waals surface area (Å²) in [6.07, 6.45) is 1.26. The van der Waals surface area contributed by atoms with Crippen molar-refractivity contribution in [3.8, 4) is 0 Å². The van der Waals surface area contributed by atoms with Gasteiger partial charge in [0.15, 0.2) is 0 Å². The van der Waals surface area contributed by atoms with E-state index in [1.54, 1.807) is 0 Å². The lowest BCUT2D eigenvalue weighted by atomic mass is 10.0. The summed E-state index contributed by atoms with van der Waals surface area (Å²) >= 11 is 0. The van der Waals surface area contributed by atoms with Crippen molar-refractivity contribution in [1.29, 1.82) is 0 Å². The van der Waals surface area contributed by atoms with Gasteiger partial charge in [-0.15, -0.1) is 0 Å². The van der Waals surface area contributed by atoms with Crippen molar-refractivity contribution < 1.29 is 0 Å². The topological polar surface area (TPSA) is 18.5 Å². The quantitative estimate of drug-likeness (QED) is 0.755. The third kappa shape index (κ3) is 4.09. The van der Waals surface area contributed by atoms with E-state index in [0.717, 1.165) is 13.1 Å². The Morgan fingerprint density at radius 3 is 2.67 bits per heavy atom. The molecule has 1 aliphatic rings. The summed E-state index contributed by atoms with van der Waals surface area (Å²) < 4.78 is 0. The number of nitrogens with one attached hydrogen (secondary N) is 1. The minimum Gasteiger partial charge on any atom is -0.312 e. The first kappa shape index (κ1) is 12.9. The van der Waals surface area contributed by atoms with E-state index in [-0.39, 0.29) is 0 Å². The van der Waals surface area contributed by atoms with Gasteiger partial charge in [-0.2, -0.15) is 0 Å². The van der Waals surface area contributed by atoms with Crippen LogP contribution < -0.4 is 5.32 Å². The van der Waals surface area contributed by atoms with Gasteiger partial charge in [-0.05, 0) is 41.3 Å². The molecule has 1 atom stereocenters. The van der Waals surface area contributed by atoms with E-state index in [0.29, 0.717) is 11.6 Å². The van der Waals surface area contributed by atoms with Gasteiger partial charge in [0.05, 0.1) is 0 Å². The first-order valence-corrected chi connectivity index (χ1v) is 6.05. The molecule has 1 aliphatic heterocycles. The molecule has 0 saturated carbocycles. The average molecular weight is 213 g/mol. The lowest BCUT2D eigenvalue weighted by Crippen LogP contribution is -2.50. The highest BCUT2D eigenvalue weighted by molar-refractivity contribution is 4.88. The molecule has 0 aromatic carbocycles. The number of hydrogen-bond acceptors (Lipinski definition) is 3. The fourth-order valence-electron chi connectivity index (χ4n) is 2.03. The summed E-state index contributed by atoms with van der Waals surface area (Å²) in [5.41, 5.74) is 0.292. The maximum absolute atomic E-state index is 3.60. The van der Waals surface area contributed by atoms with Crippen molar-refractivity contribution >= 4 is 0 Å². The molecule has 1 fully saturated rings. The molecule has 0 radical (unpaired) electrons. The normalized spacial score (nSPS) is 28.0. The minimum atomic E-state index is 0.292. The van der Waals surface area contributed by atoms with E-state index in [1.165, 1.54) is 19.5 Å². The van der Waals surface area contributed by atoms with Crippen molar-refractivity contribution in [3.05, 3.63) is 0 Å². The summed E-state index contributed by atoms with van der Waals surface area (Å²) in [7, 11) is 4.29. The van der Waals surface area contributed by atoms with Gasteiger partial charge >= 0.3 is 0 Å². The van der Waals surface area contributed by atoms with Crippen LogP contribution in [0.25, 0.3) is 0 Å². The molecule has 0 aromatic rings. The van der Waals surface area contributed by atoms with E-state index in [1.807, 2.05) is 0 Å². The Hall–Kier alpha value is -0.120. The zero-order chi connectivity index (χ0) is 11.5. The molecule has 0 amide bonds. The fourth-order valence-corrected chi connectivity index (χ4v) is 2.03. The zero-order valence-corrected chi connectivity index (χ0v) is 11.0. The summed E-state index contributed by atoms with van der Waals surface area (Å²) in [5, 5.41) is 3.60. The molecule has 0 spiro atoms. The molecule has 0 aromatic heterocycles. The van der Waals surface area contributed by atoms with Gasteiger partial charge in [-0.1, -0.05) is 0 Å². The van der Waals surface area contributed by atoms with Gasteiger partial charge in [-0.25, -0.2) is 0 Å². The van der Waals surface area contributed by atoms with Gasteiger partial charge in [0.25, 0.3) is 0 Å². The van der Waals surface area contributed by atoms with E-state index >= 15 is 0 Å². The third-order valence-electron chi connectivity index (χ3n) is 3.39. The van der Waals surface area contributed by atoms with Crippen LogP contribution in [0.4, 0.5) is 0 Å². The van der Waals surface area contributed by atoms with Gasteiger partial charge in [0, 0.05) is 37.8 Å². The maximum atomic E-state index is 3.60. The molecule has 90 valence electrons. The van der Waals surface area contributed by atoms with Gasteiger partial charge in [0.2, 0.25) is 0 Å². The van der Waals surface area contributed by atoms with Crippen molar-refractivity contribution in [2.75, 3.05) is 40.3 Å². The molecule has 3 nitrogen and oxygen atoms in total. The predicted molar refractivity (Wildman–Crippen MR) is 66.3 cm³/mol. The number of hydrogen-bond donors (Lipinski definition) is 1. The van der Waals surface area contributed by atoms with Crippen molar-refractivity contribution in [3.63, 3.8) is 0 Å². The van der Waals surface area contributed by atoms with Crippen LogP contribution in [0, 0.1) is 0 Å². The summed E-state index contributed by atoms with van der Waals surface area (Å²) in [4.78, 5) is 4.88. The second-order valence-electron chi connectivity index (χ2n) is 5.67. The van der Waals surface area contributed by atoms with Gasteiger partial charge in [0.1, 0.15) is 0 Å². The Kier molecular flexibility index (Phi) is 4.56. The van der Waals surface area contributed by atoms with Crippen LogP contribution in [0.1, 0.15) is 27.2 Å². The molecule has 0 aliphatic carbocycles.